The number of hydrogen-bond acceptors (Lipinski definition) is 6. The molecule has 0 rings (SSSR count). The molecule has 8 nitrogen and oxygen atoms in total. The van der Waals surface area contributed by atoms with Crippen LogP contribution in [0.25, 0.3) is 0 Å². The fourth-order valence-electron chi connectivity index (χ4n) is 7.73. The van der Waals surface area contributed by atoms with Gasteiger partial charge in [0.2, 0.25) is 5.91 Å². The van der Waals surface area contributed by atoms with Gasteiger partial charge in [0.25, 0.3) is 7.82 Å². The van der Waals surface area contributed by atoms with E-state index in [4.69, 9.17) is 9.05 Å². The molecule has 9 heteroatoms. The quantitative estimate of drug-likeness (QED) is 0.0272. The van der Waals surface area contributed by atoms with Crippen LogP contribution in [0, 0.1) is 0 Å². The van der Waals surface area contributed by atoms with Crippen LogP contribution in [0.15, 0.2) is 85.1 Å². The number of aliphatic hydroxyl groups is 1. The second kappa shape index (κ2) is 49.7. The lowest BCUT2D eigenvalue weighted by molar-refractivity contribution is -0.870. The van der Waals surface area contributed by atoms with Crippen molar-refractivity contribution in [2.24, 2.45) is 0 Å². The highest BCUT2D eigenvalue weighted by atomic mass is 31.2. The molecule has 0 spiro atoms. The molecule has 0 saturated carbocycles. The van der Waals surface area contributed by atoms with E-state index in [2.05, 4.69) is 92.1 Å². The van der Waals surface area contributed by atoms with Crippen molar-refractivity contribution >= 4 is 13.7 Å². The number of nitrogens with zero attached hydrogens (tertiary/aromatic N) is 1. The van der Waals surface area contributed by atoms with Crippen molar-refractivity contribution < 1.29 is 32.9 Å². The van der Waals surface area contributed by atoms with Gasteiger partial charge >= 0.3 is 0 Å². The second-order valence-electron chi connectivity index (χ2n) is 19.9. The van der Waals surface area contributed by atoms with Crippen LogP contribution in [0.5, 0.6) is 0 Å². The van der Waals surface area contributed by atoms with Crippen molar-refractivity contribution in [2.45, 2.75) is 244 Å². The summed E-state index contributed by atoms with van der Waals surface area (Å²) in [5, 5.41) is 13.8. The molecule has 3 unspecified atom stereocenters. The van der Waals surface area contributed by atoms with Gasteiger partial charge in [0.05, 0.1) is 39.9 Å². The Labute approximate surface area is 420 Å². The zero-order chi connectivity index (χ0) is 49.9. The summed E-state index contributed by atoms with van der Waals surface area (Å²) in [6.45, 7) is 4.52. The minimum absolute atomic E-state index is 0.00948. The standard InChI is InChI=1S/C59H107N2O6P/c1-6-8-10-12-14-16-18-20-22-24-25-26-27-28-29-30-31-32-33-34-35-37-39-41-43-45-47-49-51-53-59(63)60-57(56-67-68(64,65)66-55-54-61(3,4)5)58(62)52-50-48-46-44-42-40-38-36-23-21-19-17-15-13-11-9-7-2/h8,10,14,16,20,22,25-26,28-29,42,44,50,52,57-58,62H,6-7,9,11-13,15,17-19,21,23-24,27,30-41,43,45-49,51,53-56H2,1-5H3,(H-,60,63,64,65)/b10-8-,16-14-,22-20-,26-25-,29-28-,44-42+,52-50+. The summed E-state index contributed by atoms with van der Waals surface area (Å²) in [6.07, 6.45) is 69.4. The molecule has 0 fully saturated rings. The highest BCUT2D eigenvalue weighted by Gasteiger charge is 2.23. The number of likely N-dealkylation sites (N-methyl/N-ethyl adjacent to an activating group) is 1. The Kier molecular flexibility index (Phi) is 48.0. The number of phosphoric ester groups is 1. The topological polar surface area (TPSA) is 108 Å². The third-order valence-electron chi connectivity index (χ3n) is 12.1. The molecule has 3 atom stereocenters. The minimum Gasteiger partial charge on any atom is -0.756 e. The van der Waals surface area contributed by atoms with Crippen LogP contribution in [0.1, 0.15) is 232 Å². The first-order valence-electron chi connectivity index (χ1n) is 27.9. The summed E-state index contributed by atoms with van der Waals surface area (Å²) < 4.78 is 23.3. The molecule has 0 heterocycles. The summed E-state index contributed by atoms with van der Waals surface area (Å²) >= 11 is 0. The van der Waals surface area contributed by atoms with Gasteiger partial charge in [-0.3, -0.25) is 9.36 Å². The summed E-state index contributed by atoms with van der Waals surface area (Å²) in [4.78, 5) is 25.5. The van der Waals surface area contributed by atoms with Crippen LogP contribution >= 0.6 is 7.82 Å². The van der Waals surface area contributed by atoms with E-state index in [0.717, 1.165) is 70.6 Å². The first kappa shape index (κ1) is 65.7. The molecule has 0 bridgehead atoms. The summed E-state index contributed by atoms with van der Waals surface area (Å²) in [5.74, 6) is -0.211. The van der Waals surface area contributed by atoms with Crippen molar-refractivity contribution in [3.8, 4) is 0 Å². The number of carbonyl (C=O) groups excluding carboxylic acids is 1. The molecule has 394 valence electrons. The summed E-state index contributed by atoms with van der Waals surface area (Å²) in [7, 11) is 1.24. The molecular formula is C59H107N2O6P. The number of hydrogen-bond donors (Lipinski definition) is 2. The predicted octanol–water partition coefficient (Wildman–Crippen LogP) is 16.2. The average Bonchev–Trinajstić information content (AvgIpc) is 3.30. The molecule has 1 amide bonds. The minimum atomic E-state index is -4.61. The van der Waals surface area contributed by atoms with Crippen LogP contribution in [0.3, 0.4) is 0 Å². The van der Waals surface area contributed by atoms with E-state index in [1.54, 1.807) is 6.08 Å². The SMILES string of the molecule is CC/C=C\C/C=C\C/C=C\C/C=C\C/C=C\CCCCCCCCCCCCCCCC(=O)NC(COP(=O)([O-])OCC[N+](C)(C)C)C(O)/C=C/CC/C=C/CCCCCCCCCCCCC. The fraction of sp³-hybridized carbons (Fsp3) is 0.746. The lowest BCUT2D eigenvalue weighted by Crippen LogP contribution is -2.45. The van der Waals surface area contributed by atoms with E-state index in [0.29, 0.717) is 17.4 Å². The lowest BCUT2D eigenvalue weighted by Gasteiger charge is -2.29. The molecule has 2 N–H and O–H groups in total. The zero-order valence-electron chi connectivity index (χ0n) is 44.8. The van der Waals surface area contributed by atoms with Crippen molar-refractivity contribution in [2.75, 3.05) is 40.9 Å². The normalized spacial score (nSPS) is 14.6. The number of carbonyl (C=O) groups is 1. The molecule has 0 aliphatic rings. The Morgan fingerprint density at radius 2 is 0.912 bits per heavy atom. The number of nitrogens with one attached hydrogen (secondary N) is 1. The Hall–Kier alpha value is -2.32. The van der Waals surface area contributed by atoms with E-state index < -0.39 is 26.6 Å². The Morgan fingerprint density at radius 1 is 0.529 bits per heavy atom. The van der Waals surface area contributed by atoms with E-state index in [1.807, 2.05) is 27.2 Å². The number of quaternary nitrogens is 1. The Bertz CT molecular complexity index is 1380. The van der Waals surface area contributed by atoms with Crippen LogP contribution in [-0.4, -0.2) is 68.5 Å². The first-order chi connectivity index (χ1) is 33.0. The van der Waals surface area contributed by atoms with Gasteiger partial charge in [-0.2, -0.15) is 0 Å². The number of aliphatic hydroxyl groups excluding tert-OH is 1. The van der Waals surface area contributed by atoms with Gasteiger partial charge in [-0.05, 0) is 77.0 Å². The van der Waals surface area contributed by atoms with Crippen molar-refractivity contribution in [1.82, 2.24) is 5.32 Å². The first-order valence-corrected chi connectivity index (χ1v) is 29.4. The maximum atomic E-state index is 12.9. The molecule has 0 saturated heterocycles. The van der Waals surface area contributed by atoms with E-state index in [1.165, 1.54) is 141 Å². The molecule has 0 radical (unpaired) electrons. The maximum absolute atomic E-state index is 12.9. The molecule has 68 heavy (non-hydrogen) atoms. The van der Waals surface area contributed by atoms with Crippen LogP contribution in [-0.2, 0) is 18.4 Å². The largest absolute Gasteiger partial charge is 0.756 e. The monoisotopic (exact) mass is 971 g/mol. The highest BCUT2D eigenvalue weighted by Crippen LogP contribution is 2.38. The van der Waals surface area contributed by atoms with Crippen LogP contribution in [0.2, 0.25) is 0 Å². The number of unbranched alkanes of at least 4 members (excludes halogenated alkanes) is 25. The smallest absolute Gasteiger partial charge is 0.268 e. The fourth-order valence-corrected chi connectivity index (χ4v) is 8.45. The van der Waals surface area contributed by atoms with E-state index in [9.17, 15) is 19.4 Å². The Balaban J connectivity index is 4.22. The second-order valence-corrected chi connectivity index (χ2v) is 21.3. The summed E-state index contributed by atoms with van der Waals surface area (Å²) in [5.41, 5.74) is 0. The molecule has 0 aromatic heterocycles. The number of rotatable bonds is 50. The van der Waals surface area contributed by atoms with Gasteiger partial charge in [-0.15, -0.1) is 0 Å². The highest BCUT2D eigenvalue weighted by molar-refractivity contribution is 7.45. The molecule has 0 aliphatic heterocycles. The van der Waals surface area contributed by atoms with E-state index >= 15 is 0 Å². The van der Waals surface area contributed by atoms with Gasteiger partial charge in [0.15, 0.2) is 0 Å². The predicted molar refractivity (Wildman–Crippen MR) is 293 cm³/mol. The van der Waals surface area contributed by atoms with Crippen molar-refractivity contribution in [3.05, 3.63) is 85.1 Å². The molecular weight excluding hydrogens is 864 g/mol. The van der Waals surface area contributed by atoms with Crippen molar-refractivity contribution in [1.29, 1.82) is 0 Å². The maximum Gasteiger partial charge on any atom is 0.268 e. The van der Waals surface area contributed by atoms with Crippen LogP contribution < -0.4 is 10.2 Å². The van der Waals surface area contributed by atoms with Gasteiger partial charge in [0.1, 0.15) is 13.2 Å². The van der Waals surface area contributed by atoms with Crippen LogP contribution in [0.4, 0.5) is 0 Å². The van der Waals surface area contributed by atoms with Gasteiger partial charge in [0, 0.05) is 6.42 Å². The Morgan fingerprint density at radius 3 is 1.37 bits per heavy atom. The van der Waals surface area contributed by atoms with Gasteiger partial charge in [-0.1, -0.05) is 234 Å². The summed E-state index contributed by atoms with van der Waals surface area (Å²) in [6, 6.07) is -0.908. The average molecular weight is 971 g/mol. The van der Waals surface area contributed by atoms with Crippen molar-refractivity contribution in [3.63, 3.8) is 0 Å². The lowest BCUT2D eigenvalue weighted by atomic mass is 10.0. The van der Waals surface area contributed by atoms with Gasteiger partial charge in [-0.25, -0.2) is 0 Å². The van der Waals surface area contributed by atoms with E-state index in [-0.39, 0.29) is 12.5 Å². The molecule has 0 aromatic rings. The molecule has 0 aromatic carbocycles. The van der Waals surface area contributed by atoms with Gasteiger partial charge < -0.3 is 28.8 Å². The number of allylic oxidation sites excluding steroid dienone is 13. The third kappa shape index (κ3) is 51.5. The zero-order valence-corrected chi connectivity index (χ0v) is 45.7. The molecule has 0 aliphatic carbocycles. The number of phosphoric acid groups is 1. The number of amides is 1. The third-order valence-corrected chi connectivity index (χ3v) is 13.1.